The highest BCUT2D eigenvalue weighted by atomic mass is 16.5. The number of ether oxygens (including phenoxy) is 1. The molecule has 0 amide bonds. The Bertz CT molecular complexity index is 421. The third kappa shape index (κ3) is 6.98. The van der Waals surface area contributed by atoms with Gasteiger partial charge in [0.15, 0.2) is 0 Å². The molecule has 2 N–H and O–H groups in total. The van der Waals surface area contributed by atoms with Crippen molar-refractivity contribution >= 4 is 11.7 Å². The van der Waals surface area contributed by atoms with Crippen molar-refractivity contribution in [1.82, 2.24) is 0 Å². The summed E-state index contributed by atoms with van der Waals surface area (Å²) >= 11 is 0. The normalized spacial score (nSPS) is 11.2. The third-order valence-electron chi connectivity index (χ3n) is 2.92. The average Bonchev–Trinajstić information content (AvgIpc) is 2.42. The first-order chi connectivity index (χ1) is 9.59. The molecule has 3 nitrogen and oxygen atoms in total. The average molecular weight is 275 g/mol. The highest BCUT2D eigenvalue weighted by molar-refractivity contribution is 5.89. The summed E-state index contributed by atoms with van der Waals surface area (Å²) in [5.41, 5.74) is 6.77. The van der Waals surface area contributed by atoms with Crippen LogP contribution in [0, 0.1) is 5.92 Å². The summed E-state index contributed by atoms with van der Waals surface area (Å²) in [7, 11) is 0. The number of allylic oxidation sites excluding steroid dienone is 2. The van der Waals surface area contributed by atoms with Crippen molar-refractivity contribution in [2.24, 2.45) is 5.92 Å². The Kier molecular flexibility index (Phi) is 7.48. The SMILES string of the molecule is CC(C)C=CCCCCCOC(=O)c1ccc(N)cc1. The molecule has 0 aromatic heterocycles. The van der Waals surface area contributed by atoms with E-state index in [0.29, 0.717) is 23.8 Å². The van der Waals surface area contributed by atoms with E-state index < -0.39 is 0 Å². The van der Waals surface area contributed by atoms with E-state index in [4.69, 9.17) is 10.5 Å². The maximum Gasteiger partial charge on any atom is 0.338 e. The van der Waals surface area contributed by atoms with Gasteiger partial charge in [-0.2, -0.15) is 0 Å². The predicted molar refractivity (Wildman–Crippen MR) is 83.6 cm³/mol. The summed E-state index contributed by atoms with van der Waals surface area (Å²) in [6, 6.07) is 6.79. The second-order valence-corrected chi connectivity index (χ2v) is 5.28. The van der Waals surface area contributed by atoms with Gasteiger partial charge in [0.2, 0.25) is 0 Å². The molecule has 0 saturated carbocycles. The van der Waals surface area contributed by atoms with Crippen LogP contribution in [-0.2, 0) is 4.74 Å². The van der Waals surface area contributed by atoms with Gasteiger partial charge in [-0.25, -0.2) is 4.79 Å². The van der Waals surface area contributed by atoms with Crippen molar-refractivity contribution in [3.05, 3.63) is 42.0 Å². The molecule has 1 aromatic carbocycles. The zero-order chi connectivity index (χ0) is 14.8. The van der Waals surface area contributed by atoms with E-state index in [2.05, 4.69) is 26.0 Å². The van der Waals surface area contributed by atoms with Crippen LogP contribution in [0.3, 0.4) is 0 Å². The molecule has 0 bridgehead atoms. The van der Waals surface area contributed by atoms with Crippen molar-refractivity contribution in [3.8, 4) is 0 Å². The Hall–Kier alpha value is -1.77. The zero-order valence-electron chi connectivity index (χ0n) is 12.5. The number of anilines is 1. The van der Waals surface area contributed by atoms with Crippen LogP contribution < -0.4 is 5.73 Å². The molecule has 0 aliphatic carbocycles. The molecule has 0 fully saturated rings. The summed E-state index contributed by atoms with van der Waals surface area (Å²) < 4.78 is 5.21. The fourth-order valence-corrected chi connectivity index (χ4v) is 1.78. The zero-order valence-corrected chi connectivity index (χ0v) is 12.5. The molecule has 0 atom stereocenters. The number of unbranched alkanes of at least 4 members (excludes halogenated alkanes) is 3. The third-order valence-corrected chi connectivity index (χ3v) is 2.92. The summed E-state index contributed by atoms with van der Waals surface area (Å²) in [6.45, 7) is 4.83. The number of hydrogen-bond acceptors (Lipinski definition) is 3. The van der Waals surface area contributed by atoms with Crippen LogP contribution in [0.4, 0.5) is 5.69 Å². The van der Waals surface area contributed by atoms with E-state index in [-0.39, 0.29) is 5.97 Å². The van der Waals surface area contributed by atoms with Gasteiger partial charge in [-0.15, -0.1) is 0 Å². The Labute approximate surface area is 121 Å². The smallest absolute Gasteiger partial charge is 0.338 e. The fourth-order valence-electron chi connectivity index (χ4n) is 1.78. The van der Waals surface area contributed by atoms with Crippen molar-refractivity contribution in [1.29, 1.82) is 0 Å². The van der Waals surface area contributed by atoms with Crippen molar-refractivity contribution in [2.45, 2.75) is 39.5 Å². The van der Waals surface area contributed by atoms with Gasteiger partial charge >= 0.3 is 5.97 Å². The number of carbonyl (C=O) groups is 1. The van der Waals surface area contributed by atoms with Gasteiger partial charge in [0.25, 0.3) is 0 Å². The molecule has 110 valence electrons. The minimum absolute atomic E-state index is 0.273. The Balaban J connectivity index is 2.09. The lowest BCUT2D eigenvalue weighted by molar-refractivity contribution is 0.0498. The quantitative estimate of drug-likeness (QED) is 0.335. The minimum atomic E-state index is -0.273. The molecule has 3 heteroatoms. The summed E-state index contributed by atoms with van der Waals surface area (Å²) in [4.78, 5) is 11.7. The Morgan fingerprint density at radius 1 is 1.20 bits per heavy atom. The fraction of sp³-hybridized carbons (Fsp3) is 0.471. The van der Waals surface area contributed by atoms with Gasteiger partial charge in [-0.1, -0.05) is 26.0 Å². The number of carbonyl (C=O) groups excluding carboxylic acids is 1. The molecule has 20 heavy (non-hydrogen) atoms. The Morgan fingerprint density at radius 2 is 1.90 bits per heavy atom. The highest BCUT2D eigenvalue weighted by Gasteiger charge is 2.05. The second kappa shape index (κ2) is 9.18. The maximum atomic E-state index is 11.7. The van der Waals surface area contributed by atoms with E-state index >= 15 is 0 Å². The molecule has 0 spiro atoms. The Morgan fingerprint density at radius 3 is 2.55 bits per heavy atom. The van der Waals surface area contributed by atoms with E-state index in [1.54, 1.807) is 24.3 Å². The molecule has 1 aromatic rings. The summed E-state index contributed by atoms with van der Waals surface area (Å²) in [5, 5.41) is 0. The topological polar surface area (TPSA) is 52.3 Å². The predicted octanol–water partition coefficient (Wildman–Crippen LogP) is 4.20. The molecule has 0 radical (unpaired) electrons. The lowest BCUT2D eigenvalue weighted by Crippen LogP contribution is -2.06. The maximum absolute atomic E-state index is 11.7. The number of rotatable bonds is 8. The summed E-state index contributed by atoms with van der Waals surface area (Å²) in [5.74, 6) is 0.348. The minimum Gasteiger partial charge on any atom is -0.462 e. The lowest BCUT2D eigenvalue weighted by atomic mass is 10.1. The van der Waals surface area contributed by atoms with Crippen LogP contribution in [0.2, 0.25) is 0 Å². The summed E-state index contributed by atoms with van der Waals surface area (Å²) in [6.07, 6.45) is 8.69. The first kappa shape index (κ1) is 16.3. The first-order valence-electron chi connectivity index (χ1n) is 7.29. The number of hydrogen-bond donors (Lipinski definition) is 1. The van der Waals surface area contributed by atoms with Crippen LogP contribution in [0.25, 0.3) is 0 Å². The molecule has 0 heterocycles. The number of nitrogens with two attached hydrogens (primary N) is 1. The van der Waals surface area contributed by atoms with Crippen LogP contribution in [0.15, 0.2) is 36.4 Å². The number of nitrogen functional groups attached to an aromatic ring is 1. The lowest BCUT2D eigenvalue weighted by Gasteiger charge is -2.04. The largest absolute Gasteiger partial charge is 0.462 e. The van der Waals surface area contributed by atoms with Gasteiger partial charge in [0.05, 0.1) is 12.2 Å². The van der Waals surface area contributed by atoms with E-state index in [1.165, 1.54) is 0 Å². The van der Waals surface area contributed by atoms with Crippen molar-refractivity contribution in [2.75, 3.05) is 12.3 Å². The van der Waals surface area contributed by atoms with Gasteiger partial charge in [0.1, 0.15) is 0 Å². The standard InChI is InChI=1S/C17H25NO2/c1-14(2)8-6-4-3-5-7-13-20-17(19)15-9-11-16(18)12-10-15/h6,8-12,14H,3-5,7,13,18H2,1-2H3. The van der Waals surface area contributed by atoms with Gasteiger partial charge < -0.3 is 10.5 Å². The van der Waals surface area contributed by atoms with E-state index in [1.807, 2.05) is 0 Å². The molecule has 1 rings (SSSR count). The van der Waals surface area contributed by atoms with Crippen molar-refractivity contribution < 1.29 is 9.53 Å². The molecule has 0 aliphatic heterocycles. The van der Waals surface area contributed by atoms with Crippen LogP contribution in [0.5, 0.6) is 0 Å². The van der Waals surface area contributed by atoms with Crippen molar-refractivity contribution in [3.63, 3.8) is 0 Å². The van der Waals surface area contributed by atoms with Crippen LogP contribution in [0.1, 0.15) is 49.9 Å². The highest BCUT2D eigenvalue weighted by Crippen LogP contribution is 2.08. The first-order valence-corrected chi connectivity index (χ1v) is 7.29. The van der Waals surface area contributed by atoms with Crippen LogP contribution in [-0.4, -0.2) is 12.6 Å². The number of benzene rings is 1. The molecular formula is C17H25NO2. The van der Waals surface area contributed by atoms with E-state index in [9.17, 15) is 4.79 Å². The number of esters is 1. The van der Waals surface area contributed by atoms with E-state index in [0.717, 1.165) is 25.7 Å². The van der Waals surface area contributed by atoms with Gasteiger partial charge in [-0.3, -0.25) is 0 Å². The monoisotopic (exact) mass is 275 g/mol. The van der Waals surface area contributed by atoms with Crippen LogP contribution >= 0.6 is 0 Å². The van der Waals surface area contributed by atoms with Gasteiger partial charge in [-0.05, 0) is 55.9 Å². The molecule has 0 unspecified atom stereocenters. The molecule has 0 saturated heterocycles. The second-order valence-electron chi connectivity index (χ2n) is 5.28. The van der Waals surface area contributed by atoms with Gasteiger partial charge in [0, 0.05) is 5.69 Å². The molecule has 0 aliphatic rings. The molecular weight excluding hydrogens is 250 g/mol.